The number of hydrogen-bond acceptors (Lipinski definition) is 2. The van der Waals surface area contributed by atoms with E-state index in [9.17, 15) is 0 Å². The molecule has 1 heterocycles. The number of nitrogens with zero attached hydrogens (tertiary/aromatic N) is 3. The second-order valence-electron chi connectivity index (χ2n) is 6.75. The van der Waals surface area contributed by atoms with Crippen LogP contribution >= 0.6 is 0 Å². The van der Waals surface area contributed by atoms with Crippen LogP contribution in [0.3, 0.4) is 0 Å². The summed E-state index contributed by atoms with van der Waals surface area (Å²) < 4.78 is 1.94. The van der Waals surface area contributed by atoms with E-state index in [0.29, 0.717) is 12.6 Å². The van der Waals surface area contributed by atoms with Gasteiger partial charge in [0.2, 0.25) is 0 Å². The molecule has 2 N–H and O–H groups in total. The van der Waals surface area contributed by atoms with Gasteiger partial charge in [-0.05, 0) is 39.5 Å². The van der Waals surface area contributed by atoms with Crippen molar-refractivity contribution in [3.63, 3.8) is 0 Å². The van der Waals surface area contributed by atoms with E-state index in [2.05, 4.69) is 43.4 Å². The molecular formula is C18H33N5. The number of aromatic nitrogens is 2. The maximum Gasteiger partial charge on any atom is 0.191 e. The van der Waals surface area contributed by atoms with E-state index in [0.717, 1.165) is 24.1 Å². The Morgan fingerprint density at radius 1 is 1.30 bits per heavy atom. The van der Waals surface area contributed by atoms with E-state index in [-0.39, 0.29) is 0 Å². The fraction of sp³-hybridized carbons (Fsp3) is 0.778. The van der Waals surface area contributed by atoms with Crippen LogP contribution in [0.5, 0.6) is 0 Å². The molecule has 1 aromatic rings. The summed E-state index contributed by atoms with van der Waals surface area (Å²) in [5, 5.41) is 11.5. The first kappa shape index (κ1) is 17.8. The maximum atomic E-state index is 4.80. The summed E-state index contributed by atoms with van der Waals surface area (Å²) in [6.07, 6.45) is 6.53. The monoisotopic (exact) mass is 319 g/mol. The van der Waals surface area contributed by atoms with Crippen LogP contribution in [0.25, 0.3) is 0 Å². The minimum absolute atomic E-state index is 0.558. The van der Waals surface area contributed by atoms with Crippen LogP contribution < -0.4 is 10.6 Å². The molecule has 0 spiro atoms. The zero-order valence-electron chi connectivity index (χ0n) is 15.4. The maximum absolute atomic E-state index is 4.80. The molecule has 0 bridgehead atoms. The van der Waals surface area contributed by atoms with Gasteiger partial charge in [-0.25, -0.2) is 4.99 Å². The van der Waals surface area contributed by atoms with E-state index in [1.54, 1.807) is 0 Å². The van der Waals surface area contributed by atoms with Crippen LogP contribution in [0.15, 0.2) is 4.99 Å². The summed E-state index contributed by atoms with van der Waals surface area (Å²) in [5.41, 5.74) is 3.51. The van der Waals surface area contributed by atoms with Crippen LogP contribution in [-0.4, -0.2) is 28.3 Å². The molecule has 130 valence electrons. The number of hydrogen-bond donors (Lipinski definition) is 2. The standard InChI is InChI=1S/C18H33N5/c1-6-15-9-8-10-16(11-15)21-18(19-7-2)20-12-17-13(3)22-23(5)14(17)4/h15-16H,6-12H2,1-5H3,(H2,19,20,21). The lowest BCUT2D eigenvalue weighted by atomic mass is 9.84. The van der Waals surface area contributed by atoms with Gasteiger partial charge in [0.15, 0.2) is 5.96 Å². The first-order valence-electron chi connectivity index (χ1n) is 9.09. The van der Waals surface area contributed by atoms with Crippen LogP contribution in [0.2, 0.25) is 0 Å². The molecule has 1 aliphatic carbocycles. The van der Waals surface area contributed by atoms with Gasteiger partial charge in [-0.1, -0.05) is 26.2 Å². The summed E-state index contributed by atoms with van der Waals surface area (Å²) in [5.74, 6) is 1.81. The van der Waals surface area contributed by atoms with Gasteiger partial charge >= 0.3 is 0 Å². The molecule has 0 aromatic carbocycles. The lowest BCUT2D eigenvalue weighted by Crippen LogP contribution is -2.45. The molecular weight excluding hydrogens is 286 g/mol. The van der Waals surface area contributed by atoms with Gasteiger partial charge in [-0.2, -0.15) is 5.10 Å². The Bertz CT molecular complexity index is 532. The molecule has 1 aromatic heterocycles. The van der Waals surface area contributed by atoms with Gasteiger partial charge in [0, 0.05) is 30.9 Å². The Labute approximate surface area is 141 Å². The zero-order chi connectivity index (χ0) is 16.8. The molecule has 1 fully saturated rings. The third-order valence-electron chi connectivity index (χ3n) is 5.10. The Hall–Kier alpha value is -1.52. The molecule has 23 heavy (non-hydrogen) atoms. The second-order valence-corrected chi connectivity index (χ2v) is 6.75. The zero-order valence-corrected chi connectivity index (χ0v) is 15.4. The highest BCUT2D eigenvalue weighted by atomic mass is 15.3. The lowest BCUT2D eigenvalue weighted by Gasteiger charge is -2.30. The normalized spacial score (nSPS) is 22.2. The SMILES string of the molecule is CCNC(=NCc1c(C)nn(C)c1C)NC1CCCC(CC)C1. The van der Waals surface area contributed by atoms with Gasteiger partial charge in [0.05, 0.1) is 12.2 Å². The van der Waals surface area contributed by atoms with Gasteiger partial charge in [0.1, 0.15) is 0 Å². The van der Waals surface area contributed by atoms with Gasteiger partial charge in [0.25, 0.3) is 0 Å². The Morgan fingerprint density at radius 3 is 2.70 bits per heavy atom. The number of aryl methyl sites for hydroxylation is 2. The van der Waals surface area contributed by atoms with Crippen molar-refractivity contribution in [3.8, 4) is 0 Å². The van der Waals surface area contributed by atoms with Crippen molar-refractivity contribution in [2.45, 2.75) is 72.4 Å². The Kier molecular flexibility index (Phi) is 6.48. The summed E-state index contributed by atoms with van der Waals surface area (Å²) in [4.78, 5) is 4.80. The van der Waals surface area contributed by atoms with Crippen LogP contribution in [0, 0.1) is 19.8 Å². The fourth-order valence-electron chi connectivity index (χ4n) is 3.51. The molecule has 0 aliphatic heterocycles. The van der Waals surface area contributed by atoms with Crippen molar-refractivity contribution >= 4 is 5.96 Å². The summed E-state index contributed by atoms with van der Waals surface area (Å²) >= 11 is 0. The van der Waals surface area contributed by atoms with Crippen LogP contribution in [0.4, 0.5) is 0 Å². The highest BCUT2D eigenvalue weighted by Gasteiger charge is 2.21. The van der Waals surface area contributed by atoms with Crippen molar-refractivity contribution < 1.29 is 0 Å². The molecule has 0 radical (unpaired) electrons. The van der Waals surface area contributed by atoms with E-state index in [4.69, 9.17) is 4.99 Å². The minimum Gasteiger partial charge on any atom is -0.357 e. The number of guanidine groups is 1. The van der Waals surface area contributed by atoms with Crippen LogP contribution in [0.1, 0.15) is 62.9 Å². The topological polar surface area (TPSA) is 54.2 Å². The minimum atomic E-state index is 0.558. The van der Waals surface area contributed by atoms with Gasteiger partial charge in [-0.15, -0.1) is 0 Å². The second kappa shape index (κ2) is 8.37. The quantitative estimate of drug-likeness (QED) is 0.648. The first-order chi connectivity index (χ1) is 11.0. The number of nitrogens with one attached hydrogen (secondary N) is 2. The summed E-state index contributed by atoms with van der Waals surface area (Å²) in [7, 11) is 1.99. The summed E-state index contributed by atoms with van der Waals surface area (Å²) in [6.45, 7) is 10.2. The van der Waals surface area contributed by atoms with Gasteiger partial charge in [-0.3, -0.25) is 4.68 Å². The molecule has 1 saturated carbocycles. The molecule has 5 nitrogen and oxygen atoms in total. The molecule has 2 rings (SSSR count). The molecule has 2 atom stereocenters. The Morgan fingerprint density at radius 2 is 2.09 bits per heavy atom. The molecule has 5 heteroatoms. The smallest absolute Gasteiger partial charge is 0.191 e. The predicted molar refractivity (Wildman–Crippen MR) is 96.7 cm³/mol. The average molecular weight is 319 g/mol. The van der Waals surface area contributed by atoms with Crippen molar-refractivity contribution in [3.05, 3.63) is 17.0 Å². The lowest BCUT2D eigenvalue weighted by molar-refractivity contribution is 0.298. The number of aliphatic imine (C=N–C) groups is 1. The van der Waals surface area contributed by atoms with Gasteiger partial charge < -0.3 is 10.6 Å². The van der Waals surface area contributed by atoms with E-state index in [1.807, 2.05) is 11.7 Å². The molecule has 0 saturated heterocycles. The van der Waals surface area contributed by atoms with Crippen molar-refractivity contribution in [1.29, 1.82) is 0 Å². The third kappa shape index (κ3) is 4.72. The Balaban J connectivity index is 2.02. The fourth-order valence-corrected chi connectivity index (χ4v) is 3.51. The van der Waals surface area contributed by atoms with E-state index < -0.39 is 0 Å². The number of rotatable bonds is 5. The average Bonchev–Trinajstić information content (AvgIpc) is 2.78. The molecule has 0 amide bonds. The highest BCUT2D eigenvalue weighted by Crippen LogP contribution is 2.26. The third-order valence-corrected chi connectivity index (χ3v) is 5.10. The van der Waals surface area contributed by atoms with E-state index >= 15 is 0 Å². The van der Waals surface area contributed by atoms with Crippen LogP contribution in [-0.2, 0) is 13.6 Å². The predicted octanol–water partition coefficient (Wildman–Crippen LogP) is 3.06. The molecule has 1 aliphatic rings. The van der Waals surface area contributed by atoms with Crippen molar-refractivity contribution in [1.82, 2.24) is 20.4 Å². The van der Waals surface area contributed by atoms with Crippen molar-refractivity contribution in [2.24, 2.45) is 18.0 Å². The summed E-state index contributed by atoms with van der Waals surface area (Å²) in [6, 6.07) is 0.558. The van der Waals surface area contributed by atoms with E-state index in [1.165, 1.54) is 43.4 Å². The van der Waals surface area contributed by atoms with Crippen molar-refractivity contribution in [2.75, 3.05) is 6.54 Å². The first-order valence-corrected chi connectivity index (χ1v) is 9.09. The molecule has 2 unspecified atom stereocenters. The largest absolute Gasteiger partial charge is 0.357 e. The highest BCUT2D eigenvalue weighted by molar-refractivity contribution is 5.80.